The molecule has 0 saturated heterocycles. The molecule has 1 heterocycles. The van der Waals surface area contributed by atoms with Crippen LogP contribution in [0.2, 0.25) is 0 Å². The molecule has 0 aliphatic carbocycles. The number of para-hydroxylation sites is 1. The number of likely N-dealkylation sites (N-methyl/N-ethyl adjacent to an activating group) is 1. The first-order valence-electron chi connectivity index (χ1n) is 9.87. The molecule has 0 radical (unpaired) electrons. The molecule has 0 bridgehead atoms. The van der Waals surface area contributed by atoms with Crippen molar-refractivity contribution in [3.8, 4) is 11.1 Å². The highest BCUT2D eigenvalue weighted by molar-refractivity contribution is 6.11. The van der Waals surface area contributed by atoms with Gasteiger partial charge in [0.15, 0.2) is 0 Å². The van der Waals surface area contributed by atoms with Crippen LogP contribution in [0.25, 0.3) is 11.1 Å². The predicted molar refractivity (Wildman–Crippen MR) is 110 cm³/mol. The highest BCUT2D eigenvalue weighted by Crippen LogP contribution is 2.39. The average molecular weight is 487 g/mol. The minimum absolute atomic E-state index is 0.275. The number of nitrogens with zero attached hydrogens (tertiary/aromatic N) is 1. The van der Waals surface area contributed by atoms with Gasteiger partial charge in [0.25, 0.3) is 23.4 Å². The maximum atomic E-state index is 15.0. The topological polar surface area (TPSA) is 78.5 Å². The number of anilines is 1. The number of amides is 3. The van der Waals surface area contributed by atoms with Gasteiger partial charge in [-0.05, 0) is 24.1 Å². The van der Waals surface area contributed by atoms with Crippen LogP contribution in [-0.4, -0.2) is 49.1 Å². The Balaban J connectivity index is 1.87. The number of rotatable bonds is 5. The average Bonchev–Trinajstić information content (AvgIpc) is 2.86. The Morgan fingerprint density at radius 1 is 0.912 bits per heavy atom. The van der Waals surface area contributed by atoms with Gasteiger partial charge in [-0.25, -0.2) is 4.39 Å². The summed E-state index contributed by atoms with van der Waals surface area (Å²) in [4.78, 5) is 39.0. The van der Waals surface area contributed by atoms with E-state index in [1.165, 1.54) is 18.0 Å². The Morgan fingerprint density at radius 2 is 1.47 bits per heavy atom. The lowest BCUT2D eigenvalue weighted by molar-refractivity contribution is -0.278. The van der Waals surface area contributed by atoms with E-state index in [1.807, 2.05) is 0 Å². The minimum Gasteiger partial charge on any atom is -0.346 e. The number of nitrogens with one attached hydrogen (secondary N) is 2. The molecule has 2 aromatic carbocycles. The van der Waals surface area contributed by atoms with Crippen molar-refractivity contribution in [3.05, 3.63) is 54.1 Å². The maximum Gasteiger partial charge on any atom is 0.455 e. The Hall–Kier alpha value is -3.57. The van der Waals surface area contributed by atoms with Crippen LogP contribution in [0.3, 0.4) is 0 Å². The molecule has 2 N–H and O–H groups in total. The van der Waals surface area contributed by atoms with E-state index < -0.39 is 48.1 Å². The van der Waals surface area contributed by atoms with E-state index in [-0.39, 0.29) is 5.56 Å². The fourth-order valence-electron chi connectivity index (χ4n) is 3.40. The summed E-state index contributed by atoms with van der Waals surface area (Å²) in [5.74, 6) is -9.72. The standard InChI is InChI=1S/C22H19F6N3O3/c1-20(23,18(33)29-11-21(24,25)22(26,27)28)19(34)30-16-14-9-4-3-7-12(14)13-8-5-6-10-15(13)31(2)17(16)32/h3-10,16H,11H2,1-2H3,(H,29,33)(H,30,34). The molecule has 1 aliphatic rings. The second kappa shape index (κ2) is 8.65. The van der Waals surface area contributed by atoms with Gasteiger partial charge in [0.2, 0.25) is 0 Å². The molecule has 0 fully saturated rings. The van der Waals surface area contributed by atoms with Gasteiger partial charge in [-0.15, -0.1) is 0 Å². The number of alkyl halides is 6. The quantitative estimate of drug-likeness (QED) is 0.501. The first-order valence-corrected chi connectivity index (χ1v) is 9.87. The van der Waals surface area contributed by atoms with Gasteiger partial charge in [0.05, 0.1) is 12.2 Å². The molecule has 0 spiro atoms. The number of benzene rings is 2. The molecule has 6 nitrogen and oxygen atoms in total. The van der Waals surface area contributed by atoms with Gasteiger partial charge >= 0.3 is 12.1 Å². The van der Waals surface area contributed by atoms with Gasteiger partial charge in [-0.2, -0.15) is 22.0 Å². The van der Waals surface area contributed by atoms with Gasteiger partial charge in [-0.3, -0.25) is 14.4 Å². The molecular weight excluding hydrogens is 468 g/mol. The Morgan fingerprint density at radius 3 is 2.09 bits per heavy atom. The van der Waals surface area contributed by atoms with Crippen LogP contribution in [0.1, 0.15) is 18.5 Å². The van der Waals surface area contributed by atoms with Crippen molar-refractivity contribution < 1.29 is 40.7 Å². The smallest absolute Gasteiger partial charge is 0.346 e. The third-order valence-corrected chi connectivity index (χ3v) is 5.42. The Labute approximate surface area is 189 Å². The monoisotopic (exact) mass is 487 g/mol. The van der Waals surface area contributed by atoms with Crippen molar-refractivity contribution in [1.82, 2.24) is 10.6 Å². The number of carbonyl (C=O) groups excluding carboxylic acids is 3. The van der Waals surface area contributed by atoms with Gasteiger partial charge in [0, 0.05) is 12.6 Å². The molecule has 3 amide bonds. The van der Waals surface area contributed by atoms with Crippen LogP contribution in [0.5, 0.6) is 0 Å². The van der Waals surface area contributed by atoms with E-state index in [4.69, 9.17) is 0 Å². The van der Waals surface area contributed by atoms with Gasteiger partial charge < -0.3 is 15.5 Å². The zero-order valence-electron chi connectivity index (χ0n) is 17.8. The summed E-state index contributed by atoms with van der Waals surface area (Å²) in [5, 5.41) is 3.22. The van der Waals surface area contributed by atoms with Crippen molar-refractivity contribution >= 4 is 23.4 Å². The lowest BCUT2D eigenvalue weighted by Gasteiger charge is -2.26. The van der Waals surface area contributed by atoms with Crippen LogP contribution in [0, 0.1) is 0 Å². The molecule has 0 aromatic heterocycles. The third kappa shape index (κ3) is 4.44. The largest absolute Gasteiger partial charge is 0.455 e. The van der Waals surface area contributed by atoms with Crippen LogP contribution >= 0.6 is 0 Å². The lowest BCUT2D eigenvalue weighted by Crippen LogP contribution is -2.57. The second-order valence-electron chi connectivity index (χ2n) is 7.80. The van der Waals surface area contributed by atoms with Crippen LogP contribution in [0.15, 0.2) is 48.5 Å². The van der Waals surface area contributed by atoms with E-state index in [2.05, 4.69) is 5.32 Å². The Kier molecular flexibility index (Phi) is 6.38. The lowest BCUT2D eigenvalue weighted by atomic mass is 9.94. The van der Waals surface area contributed by atoms with E-state index in [0.29, 0.717) is 23.7 Å². The summed E-state index contributed by atoms with van der Waals surface area (Å²) in [6.45, 7) is -1.86. The summed E-state index contributed by atoms with van der Waals surface area (Å²) in [6, 6.07) is 11.7. The second-order valence-corrected chi connectivity index (χ2v) is 7.80. The maximum absolute atomic E-state index is 15.0. The summed E-state index contributed by atoms with van der Waals surface area (Å²) < 4.78 is 78.1. The van der Waals surface area contributed by atoms with E-state index in [9.17, 15) is 40.7 Å². The fraction of sp³-hybridized carbons (Fsp3) is 0.318. The van der Waals surface area contributed by atoms with Crippen LogP contribution in [-0.2, 0) is 14.4 Å². The van der Waals surface area contributed by atoms with E-state index >= 15 is 0 Å². The molecule has 0 saturated carbocycles. The van der Waals surface area contributed by atoms with Crippen LogP contribution < -0.4 is 15.5 Å². The summed E-state index contributed by atoms with van der Waals surface area (Å²) in [5.41, 5.74) is -1.62. The summed E-state index contributed by atoms with van der Waals surface area (Å²) in [6.07, 6.45) is -5.98. The molecule has 2 unspecified atom stereocenters. The van der Waals surface area contributed by atoms with Crippen molar-refractivity contribution in [2.75, 3.05) is 18.5 Å². The molecule has 1 aliphatic heterocycles. The number of fused-ring (bicyclic) bond motifs is 3. The molecular formula is C22H19F6N3O3. The van der Waals surface area contributed by atoms with Crippen molar-refractivity contribution in [2.45, 2.75) is 30.7 Å². The molecule has 12 heteroatoms. The van der Waals surface area contributed by atoms with E-state index in [1.54, 1.807) is 42.5 Å². The zero-order valence-corrected chi connectivity index (χ0v) is 17.8. The first kappa shape index (κ1) is 25.1. The normalized spacial score (nSPS) is 17.7. The minimum atomic E-state index is -5.98. The summed E-state index contributed by atoms with van der Waals surface area (Å²) >= 11 is 0. The molecule has 3 rings (SSSR count). The molecule has 34 heavy (non-hydrogen) atoms. The SMILES string of the molecule is CN1C(=O)C(NC(=O)C(C)(F)C(=O)NCC(F)(F)C(F)(F)F)c2ccccc2-c2ccccc21. The third-order valence-electron chi connectivity index (χ3n) is 5.42. The number of carbonyl (C=O) groups is 3. The predicted octanol–water partition coefficient (Wildman–Crippen LogP) is 3.53. The number of halogens is 6. The van der Waals surface area contributed by atoms with Gasteiger partial charge in [0.1, 0.15) is 6.04 Å². The number of hydrogen-bond acceptors (Lipinski definition) is 3. The van der Waals surface area contributed by atoms with Crippen molar-refractivity contribution in [2.24, 2.45) is 0 Å². The zero-order chi connectivity index (χ0) is 25.5. The number of hydrogen-bond donors (Lipinski definition) is 2. The highest BCUT2D eigenvalue weighted by Gasteiger charge is 2.58. The molecule has 182 valence electrons. The van der Waals surface area contributed by atoms with Crippen molar-refractivity contribution in [1.29, 1.82) is 0 Å². The van der Waals surface area contributed by atoms with E-state index in [0.717, 1.165) is 5.32 Å². The first-order chi connectivity index (χ1) is 15.7. The van der Waals surface area contributed by atoms with Gasteiger partial charge in [-0.1, -0.05) is 42.5 Å². The summed E-state index contributed by atoms with van der Waals surface area (Å²) in [7, 11) is 1.42. The highest BCUT2D eigenvalue weighted by atomic mass is 19.4. The Bertz CT molecular complexity index is 1130. The van der Waals surface area contributed by atoms with Crippen molar-refractivity contribution in [3.63, 3.8) is 0 Å². The molecule has 2 atom stereocenters. The molecule has 2 aromatic rings. The van der Waals surface area contributed by atoms with Crippen LogP contribution in [0.4, 0.5) is 32.0 Å². The fourth-order valence-corrected chi connectivity index (χ4v) is 3.40.